The van der Waals surface area contributed by atoms with Crippen molar-refractivity contribution in [1.82, 2.24) is 9.80 Å². The number of piperazine rings is 1. The quantitative estimate of drug-likeness (QED) is 0.859. The summed E-state index contributed by atoms with van der Waals surface area (Å²) in [5.74, 6) is -0.253. The third-order valence-electron chi connectivity index (χ3n) is 3.88. The second-order valence-corrected chi connectivity index (χ2v) is 6.04. The Morgan fingerprint density at radius 2 is 1.95 bits per heavy atom. The van der Waals surface area contributed by atoms with Crippen LogP contribution in [0, 0.1) is 17.1 Å². The van der Waals surface area contributed by atoms with Gasteiger partial charge in [-0.1, -0.05) is 17.7 Å². The second-order valence-electron chi connectivity index (χ2n) is 5.63. The zero-order valence-electron chi connectivity index (χ0n) is 11.9. The molecule has 0 spiro atoms. The van der Waals surface area contributed by atoms with E-state index < -0.39 is 5.54 Å². The Kier molecular flexibility index (Phi) is 4.64. The Morgan fingerprint density at radius 3 is 2.50 bits per heavy atom. The molecule has 2 rings (SSSR count). The average molecular weight is 296 g/mol. The van der Waals surface area contributed by atoms with Gasteiger partial charge in [0.15, 0.2) is 0 Å². The zero-order valence-corrected chi connectivity index (χ0v) is 12.6. The predicted octanol–water partition coefficient (Wildman–Crippen LogP) is 2.90. The van der Waals surface area contributed by atoms with E-state index in [1.807, 2.05) is 13.8 Å². The lowest BCUT2D eigenvalue weighted by Crippen LogP contribution is -2.53. The topological polar surface area (TPSA) is 30.3 Å². The van der Waals surface area contributed by atoms with Crippen molar-refractivity contribution >= 4 is 11.6 Å². The normalized spacial score (nSPS) is 17.9. The maximum absolute atomic E-state index is 13.8. The Hall–Kier alpha value is -1.15. The predicted molar refractivity (Wildman–Crippen MR) is 78.0 cm³/mol. The van der Waals surface area contributed by atoms with Gasteiger partial charge < -0.3 is 0 Å². The van der Waals surface area contributed by atoms with Crippen LogP contribution in [-0.2, 0) is 6.54 Å². The van der Waals surface area contributed by atoms with Crippen molar-refractivity contribution in [1.29, 1.82) is 5.26 Å². The Morgan fingerprint density at radius 1 is 1.30 bits per heavy atom. The van der Waals surface area contributed by atoms with Gasteiger partial charge in [-0.2, -0.15) is 5.26 Å². The van der Waals surface area contributed by atoms with E-state index in [1.165, 1.54) is 6.07 Å². The fourth-order valence-corrected chi connectivity index (χ4v) is 2.67. The van der Waals surface area contributed by atoms with Crippen LogP contribution in [-0.4, -0.2) is 41.5 Å². The summed E-state index contributed by atoms with van der Waals surface area (Å²) in [7, 11) is 0. The van der Waals surface area contributed by atoms with Gasteiger partial charge in [-0.15, -0.1) is 0 Å². The minimum atomic E-state index is -0.443. The summed E-state index contributed by atoms with van der Waals surface area (Å²) in [6, 6.07) is 7.10. The van der Waals surface area contributed by atoms with Crippen molar-refractivity contribution in [3.05, 3.63) is 34.6 Å². The Labute approximate surface area is 124 Å². The Balaban J connectivity index is 1.97. The third-order valence-corrected chi connectivity index (χ3v) is 4.23. The fourth-order valence-electron chi connectivity index (χ4n) is 2.44. The number of hydrogen-bond donors (Lipinski definition) is 0. The van der Waals surface area contributed by atoms with E-state index in [4.69, 9.17) is 16.9 Å². The lowest BCUT2D eigenvalue weighted by atomic mass is 10.0. The van der Waals surface area contributed by atoms with E-state index in [0.29, 0.717) is 17.1 Å². The number of benzene rings is 1. The maximum Gasteiger partial charge on any atom is 0.129 e. The highest BCUT2D eigenvalue weighted by Gasteiger charge is 2.29. The zero-order chi connectivity index (χ0) is 14.8. The summed E-state index contributed by atoms with van der Waals surface area (Å²) in [6.07, 6.45) is 0. The SMILES string of the molecule is CC(C)(C#N)N1CCN(Cc2c(F)cccc2Cl)CC1. The molecule has 0 unspecified atom stereocenters. The molecule has 0 N–H and O–H groups in total. The van der Waals surface area contributed by atoms with Crippen molar-refractivity contribution in [2.45, 2.75) is 25.9 Å². The van der Waals surface area contributed by atoms with Gasteiger partial charge in [-0.3, -0.25) is 9.80 Å². The van der Waals surface area contributed by atoms with Crippen LogP contribution >= 0.6 is 11.6 Å². The molecule has 0 radical (unpaired) electrons. The van der Waals surface area contributed by atoms with E-state index in [9.17, 15) is 4.39 Å². The van der Waals surface area contributed by atoms with Gasteiger partial charge in [-0.25, -0.2) is 4.39 Å². The van der Waals surface area contributed by atoms with Crippen LogP contribution in [0.15, 0.2) is 18.2 Å². The Bertz CT molecular complexity index is 496. The van der Waals surface area contributed by atoms with Gasteiger partial charge in [0.25, 0.3) is 0 Å². The van der Waals surface area contributed by atoms with Gasteiger partial charge >= 0.3 is 0 Å². The maximum atomic E-state index is 13.8. The summed E-state index contributed by atoms with van der Waals surface area (Å²) in [5.41, 5.74) is 0.115. The molecule has 0 bridgehead atoms. The molecule has 1 heterocycles. The molecule has 3 nitrogen and oxygen atoms in total. The molecule has 0 amide bonds. The molecule has 20 heavy (non-hydrogen) atoms. The monoisotopic (exact) mass is 295 g/mol. The van der Waals surface area contributed by atoms with Crippen LogP contribution in [0.2, 0.25) is 5.02 Å². The van der Waals surface area contributed by atoms with E-state index >= 15 is 0 Å². The molecule has 1 fully saturated rings. The molecule has 1 aliphatic rings. The van der Waals surface area contributed by atoms with Crippen molar-refractivity contribution < 1.29 is 4.39 Å². The molecule has 0 aliphatic carbocycles. The first-order valence-corrected chi connectivity index (χ1v) is 7.13. The summed E-state index contributed by atoms with van der Waals surface area (Å²) < 4.78 is 13.8. The summed E-state index contributed by atoms with van der Waals surface area (Å²) >= 11 is 6.05. The first-order valence-electron chi connectivity index (χ1n) is 6.75. The molecule has 1 aromatic rings. The van der Waals surface area contributed by atoms with Crippen molar-refractivity contribution in [2.75, 3.05) is 26.2 Å². The fraction of sp³-hybridized carbons (Fsp3) is 0.533. The van der Waals surface area contributed by atoms with E-state index in [2.05, 4.69) is 15.9 Å². The van der Waals surface area contributed by atoms with Gasteiger partial charge in [0.05, 0.1) is 6.07 Å². The lowest BCUT2D eigenvalue weighted by Gasteiger charge is -2.40. The number of nitrogens with zero attached hydrogens (tertiary/aromatic N) is 3. The number of nitriles is 1. The van der Waals surface area contributed by atoms with Gasteiger partial charge in [0, 0.05) is 43.3 Å². The largest absolute Gasteiger partial charge is 0.296 e. The van der Waals surface area contributed by atoms with Crippen LogP contribution in [0.3, 0.4) is 0 Å². The average Bonchev–Trinajstić information content (AvgIpc) is 2.43. The molecule has 1 aliphatic heterocycles. The van der Waals surface area contributed by atoms with E-state index in [1.54, 1.807) is 12.1 Å². The smallest absolute Gasteiger partial charge is 0.129 e. The molecule has 0 atom stereocenters. The molecule has 5 heteroatoms. The first kappa shape index (κ1) is 15.2. The third kappa shape index (κ3) is 3.29. The minimum absolute atomic E-state index is 0.253. The highest BCUT2D eigenvalue weighted by molar-refractivity contribution is 6.31. The van der Waals surface area contributed by atoms with Crippen LogP contribution in [0.25, 0.3) is 0 Å². The number of hydrogen-bond acceptors (Lipinski definition) is 3. The molecule has 108 valence electrons. The molecule has 1 saturated heterocycles. The number of halogens is 2. The molecule has 0 aromatic heterocycles. The molecular formula is C15H19ClFN3. The standard InChI is InChI=1S/C15H19ClFN3/c1-15(2,11-18)20-8-6-19(7-9-20)10-12-13(16)4-3-5-14(12)17/h3-5H,6-10H2,1-2H3. The summed E-state index contributed by atoms with van der Waals surface area (Å²) in [4.78, 5) is 4.33. The van der Waals surface area contributed by atoms with Crippen molar-refractivity contribution in [2.24, 2.45) is 0 Å². The van der Waals surface area contributed by atoms with Crippen LogP contribution in [0.1, 0.15) is 19.4 Å². The van der Waals surface area contributed by atoms with Crippen molar-refractivity contribution in [3.8, 4) is 6.07 Å². The first-order chi connectivity index (χ1) is 9.44. The minimum Gasteiger partial charge on any atom is -0.296 e. The molecular weight excluding hydrogens is 277 g/mol. The molecule has 1 aromatic carbocycles. The van der Waals surface area contributed by atoms with E-state index in [-0.39, 0.29) is 5.82 Å². The summed E-state index contributed by atoms with van der Waals surface area (Å²) in [5, 5.41) is 9.62. The lowest BCUT2D eigenvalue weighted by molar-refractivity contribution is 0.0758. The van der Waals surface area contributed by atoms with E-state index in [0.717, 1.165) is 26.2 Å². The van der Waals surface area contributed by atoms with Gasteiger partial charge in [0.2, 0.25) is 0 Å². The van der Waals surface area contributed by atoms with Gasteiger partial charge in [-0.05, 0) is 26.0 Å². The van der Waals surface area contributed by atoms with Crippen molar-refractivity contribution in [3.63, 3.8) is 0 Å². The van der Waals surface area contributed by atoms with Crippen LogP contribution in [0.4, 0.5) is 4.39 Å². The number of rotatable bonds is 3. The molecule has 0 saturated carbocycles. The highest BCUT2D eigenvalue weighted by Crippen LogP contribution is 2.22. The highest BCUT2D eigenvalue weighted by atomic mass is 35.5. The summed E-state index contributed by atoms with van der Waals surface area (Å²) in [6.45, 7) is 7.63. The van der Waals surface area contributed by atoms with Crippen LogP contribution < -0.4 is 0 Å². The van der Waals surface area contributed by atoms with Crippen LogP contribution in [0.5, 0.6) is 0 Å². The second kappa shape index (κ2) is 6.09. The van der Waals surface area contributed by atoms with Gasteiger partial charge in [0.1, 0.15) is 11.4 Å².